The van der Waals surface area contributed by atoms with E-state index in [9.17, 15) is 14.4 Å². The number of urea groups is 1. The molecule has 1 saturated carbocycles. The molecule has 1 fully saturated rings. The summed E-state index contributed by atoms with van der Waals surface area (Å²) in [4.78, 5) is 33.9. The van der Waals surface area contributed by atoms with Crippen LogP contribution >= 0.6 is 0 Å². The Balaban J connectivity index is 2.49. The monoisotopic (exact) mass is 286 g/mol. The standard InChI is InChI=1S/C13H22N2O5/c1-2-20-11(18)9-14-12(19)15-13(8-10(16)17)6-4-3-5-7-13/h2-9H2,1H3,(H,16,17)(H2,14,15,19). The van der Waals surface area contributed by atoms with E-state index >= 15 is 0 Å². The molecule has 0 heterocycles. The van der Waals surface area contributed by atoms with Gasteiger partial charge in [-0.1, -0.05) is 19.3 Å². The topological polar surface area (TPSA) is 105 Å². The maximum atomic E-state index is 11.8. The van der Waals surface area contributed by atoms with Gasteiger partial charge in [-0.05, 0) is 19.8 Å². The fourth-order valence-corrected chi connectivity index (χ4v) is 2.51. The third kappa shape index (κ3) is 5.46. The number of hydrogen-bond donors (Lipinski definition) is 3. The number of carboxylic acid groups (broad SMARTS) is 1. The van der Waals surface area contributed by atoms with Crippen LogP contribution in [0.2, 0.25) is 0 Å². The van der Waals surface area contributed by atoms with Crippen molar-refractivity contribution in [1.29, 1.82) is 0 Å². The Hall–Kier alpha value is -1.79. The highest BCUT2D eigenvalue weighted by Crippen LogP contribution is 2.31. The first kappa shape index (κ1) is 16.3. The van der Waals surface area contributed by atoms with Crippen LogP contribution in [0.25, 0.3) is 0 Å². The fraction of sp³-hybridized carbons (Fsp3) is 0.769. The summed E-state index contributed by atoms with van der Waals surface area (Å²) in [6.07, 6.45) is 4.03. The van der Waals surface area contributed by atoms with Gasteiger partial charge in [0.25, 0.3) is 0 Å². The number of hydrogen-bond acceptors (Lipinski definition) is 4. The van der Waals surface area contributed by atoms with Crippen LogP contribution in [0.4, 0.5) is 4.79 Å². The minimum atomic E-state index is -0.933. The van der Waals surface area contributed by atoms with Crippen LogP contribution in [0, 0.1) is 0 Å². The average Bonchev–Trinajstić information content (AvgIpc) is 2.36. The molecule has 2 amide bonds. The van der Waals surface area contributed by atoms with E-state index in [4.69, 9.17) is 9.84 Å². The maximum Gasteiger partial charge on any atom is 0.325 e. The number of carbonyl (C=O) groups excluding carboxylic acids is 2. The molecule has 0 aliphatic heterocycles. The lowest BCUT2D eigenvalue weighted by molar-refractivity contribution is -0.142. The van der Waals surface area contributed by atoms with Crippen molar-refractivity contribution in [1.82, 2.24) is 10.6 Å². The van der Waals surface area contributed by atoms with Crippen LogP contribution < -0.4 is 10.6 Å². The van der Waals surface area contributed by atoms with Crippen LogP contribution in [-0.4, -0.2) is 41.8 Å². The van der Waals surface area contributed by atoms with Gasteiger partial charge in [0.1, 0.15) is 6.54 Å². The van der Waals surface area contributed by atoms with Gasteiger partial charge in [-0.2, -0.15) is 0 Å². The molecule has 114 valence electrons. The molecule has 0 aromatic rings. The van der Waals surface area contributed by atoms with Gasteiger partial charge in [-0.3, -0.25) is 9.59 Å². The highest BCUT2D eigenvalue weighted by molar-refractivity contribution is 5.81. The first-order valence-corrected chi connectivity index (χ1v) is 6.91. The van der Waals surface area contributed by atoms with Crippen LogP contribution in [0.3, 0.4) is 0 Å². The molecule has 0 bridgehead atoms. The summed E-state index contributed by atoms with van der Waals surface area (Å²) in [6.45, 7) is 1.72. The average molecular weight is 286 g/mol. The van der Waals surface area contributed by atoms with Gasteiger partial charge in [0.2, 0.25) is 0 Å². The fourth-order valence-electron chi connectivity index (χ4n) is 2.51. The van der Waals surface area contributed by atoms with E-state index in [1.54, 1.807) is 6.92 Å². The lowest BCUT2D eigenvalue weighted by Crippen LogP contribution is -2.54. The van der Waals surface area contributed by atoms with E-state index in [1.807, 2.05) is 0 Å². The van der Waals surface area contributed by atoms with E-state index in [2.05, 4.69) is 10.6 Å². The van der Waals surface area contributed by atoms with E-state index in [1.165, 1.54) is 0 Å². The first-order chi connectivity index (χ1) is 9.47. The number of amides is 2. The Morgan fingerprint density at radius 3 is 2.40 bits per heavy atom. The number of carboxylic acids is 1. The smallest absolute Gasteiger partial charge is 0.325 e. The summed E-state index contributed by atoms with van der Waals surface area (Å²) in [5, 5.41) is 14.1. The summed E-state index contributed by atoms with van der Waals surface area (Å²) >= 11 is 0. The second-order valence-electron chi connectivity index (χ2n) is 5.02. The van der Waals surface area contributed by atoms with Crippen molar-refractivity contribution >= 4 is 18.0 Å². The third-order valence-electron chi connectivity index (χ3n) is 3.38. The third-order valence-corrected chi connectivity index (χ3v) is 3.38. The van der Waals surface area contributed by atoms with E-state index in [-0.39, 0.29) is 19.6 Å². The molecule has 1 rings (SSSR count). The number of aliphatic carboxylic acids is 1. The molecule has 0 aromatic carbocycles. The molecular weight excluding hydrogens is 264 g/mol. The van der Waals surface area contributed by atoms with Gasteiger partial charge >= 0.3 is 18.0 Å². The van der Waals surface area contributed by atoms with E-state index in [0.717, 1.165) is 19.3 Å². The van der Waals surface area contributed by atoms with Gasteiger partial charge in [0.05, 0.1) is 18.6 Å². The van der Waals surface area contributed by atoms with Crippen molar-refractivity contribution in [2.24, 2.45) is 0 Å². The highest BCUT2D eigenvalue weighted by atomic mass is 16.5. The van der Waals surface area contributed by atoms with Crippen molar-refractivity contribution in [3.8, 4) is 0 Å². The highest BCUT2D eigenvalue weighted by Gasteiger charge is 2.35. The zero-order valence-electron chi connectivity index (χ0n) is 11.7. The van der Waals surface area contributed by atoms with Crippen molar-refractivity contribution in [2.45, 2.75) is 51.0 Å². The van der Waals surface area contributed by atoms with Gasteiger partial charge in [0, 0.05) is 0 Å². The second kappa shape index (κ2) is 7.72. The lowest BCUT2D eigenvalue weighted by atomic mass is 9.79. The number of ether oxygens (including phenoxy) is 1. The molecule has 0 unspecified atom stereocenters. The Morgan fingerprint density at radius 1 is 1.20 bits per heavy atom. The van der Waals surface area contributed by atoms with E-state index in [0.29, 0.717) is 12.8 Å². The lowest BCUT2D eigenvalue weighted by Gasteiger charge is -2.36. The summed E-state index contributed by atoms with van der Waals surface area (Å²) < 4.78 is 4.70. The zero-order chi connectivity index (χ0) is 15.0. The number of rotatable bonds is 6. The largest absolute Gasteiger partial charge is 0.481 e. The normalized spacial score (nSPS) is 17.1. The Morgan fingerprint density at radius 2 is 1.85 bits per heavy atom. The molecule has 7 heteroatoms. The molecule has 1 aliphatic carbocycles. The van der Waals surface area contributed by atoms with Gasteiger partial charge in [-0.15, -0.1) is 0 Å². The minimum Gasteiger partial charge on any atom is -0.481 e. The predicted molar refractivity (Wildman–Crippen MR) is 71.2 cm³/mol. The summed E-state index contributed by atoms with van der Waals surface area (Å²) in [7, 11) is 0. The molecule has 0 spiro atoms. The SMILES string of the molecule is CCOC(=O)CNC(=O)NC1(CC(=O)O)CCCCC1. The van der Waals surface area contributed by atoms with Gasteiger partial charge in [-0.25, -0.2) is 4.79 Å². The maximum absolute atomic E-state index is 11.8. The van der Waals surface area contributed by atoms with Crippen molar-refractivity contribution in [2.75, 3.05) is 13.2 Å². The molecule has 20 heavy (non-hydrogen) atoms. The second-order valence-corrected chi connectivity index (χ2v) is 5.02. The molecule has 0 radical (unpaired) electrons. The van der Waals surface area contributed by atoms with Gasteiger partial charge < -0.3 is 20.5 Å². The Labute approximate surface area is 118 Å². The molecule has 0 aromatic heterocycles. The molecule has 0 atom stereocenters. The predicted octanol–water partition coefficient (Wildman–Crippen LogP) is 1.03. The zero-order valence-corrected chi connectivity index (χ0v) is 11.7. The summed E-state index contributed by atoms with van der Waals surface area (Å²) in [5.74, 6) is -1.45. The molecule has 7 nitrogen and oxygen atoms in total. The van der Waals surface area contributed by atoms with E-state index < -0.39 is 23.5 Å². The molecular formula is C13H22N2O5. The van der Waals surface area contributed by atoms with Crippen LogP contribution in [0.5, 0.6) is 0 Å². The van der Waals surface area contributed by atoms with Crippen molar-refractivity contribution in [3.05, 3.63) is 0 Å². The van der Waals surface area contributed by atoms with Crippen LogP contribution in [0.1, 0.15) is 45.4 Å². The van der Waals surface area contributed by atoms with Crippen molar-refractivity contribution in [3.63, 3.8) is 0 Å². The number of esters is 1. The molecule has 3 N–H and O–H groups in total. The minimum absolute atomic E-state index is 0.0974. The van der Waals surface area contributed by atoms with Crippen LogP contribution in [-0.2, 0) is 14.3 Å². The van der Waals surface area contributed by atoms with Crippen LogP contribution in [0.15, 0.2) is 0 Å². The summed E-state index contributed by atoms with van der Waals surface area (Å²) in [5.41, 5.74) is -0.706. The number of carbonyl (C=O) groups is 3. The first-order valence-electron chi connectivity index (χ1n) is 6.91. The van der Waals surface area contributed by atoms with Crippen molar-refractivity contribution < 1.29 is 24.2 Å². The molecule has 1 aliphatic rings. The number of nitrogens with one attached hydrogen (secondary N) is 2. The summed E-state index contributed by atoms with van der Waals surface area (Å²) in [6, 6.07) is -0.527. The quantitative estimate of drug-likeness (QED) is 0.632. The Bertz CT molecular complexity index is 364. The Kier molecular flexibility index (Phi) is 6.27. The molecule has 0 saturated heterocycles. The van der Waals surface area contributed by atoms with Gasteiger partial charge in [0.15, 0.2) is 0 Å².